The van der Waals surface area contributed by atoms with Crippen molar-refractivity contribution in [2.24, 2.45) is 10.8 Å². The van der Waals surface area contributed by atoms with Gasteiger partial charge in [0, 0.05) is 34.6 Å². The molecule has 1 heterocycles. The molecule has 8 nitrogen and oxygen atoms in total. The molecular weight excluding hydrogens is 563 g/mol. The maximum atomic E-state index is 13.9. The summed E-state index contributed by atoms with van der Waals surface area (Å²) in [6, 6.07) is 13.2. The quantitative estimate of drug-likeness (QED) is 0.233. The fraction of sp³-hybridized carbons (Fsp3) is 0.484. The molecule has 4 rings (SSSR count). The molecule has 3 aromatic rings. The predicted octanol–water partition coefficient (Wildman–Crippen LogP) is 6.75. The van der Waals surface area contributed by atoms with E-state index in [2.05, 4.69) is 46.9 Å². The third-order valence-corrected chi connectivity index (χ3v) is 9.14. The third kappa shape index (κ3) is 6.63. The summed E-state index contributed by atoms with van der Waals surface area (Å²) in [5, 5.41) is 3.93. The molecule has 0 radical (unpaired) electrons. The fourth-order valence-corrected chi connectivity index (χ4v) is 6.98. The molecule has 0 aliphatic heterocycles. The van der Waals surface area contributed by atoms with Crippen LogP contribution in [0, 0.1) is 10.8 Å². The first-order valence-corrected chi connectivity index (χ1v) is 15.8. The topological polar surface area (TPSA) is 118 Å². The number of benzene rings is 2. The summed E-state index contributed by atoms with van der Waals surface area (Å²) in [4.78, 5) is 46.0. The lowest BCUT2D eigenvalue weighted by Crippen LogP contribution is -2.51. The number of pyridine rings is 1. The molecule has 41 heavy (non-hydrogen) atoms. The first-order valence-electron chi connectivity index (χ1n) is 13.9. The van der Waals surface area contributed by atoms with Gasteiger partial charge in [-0.05, 0) is 65.5 Å². The Kier molecular flexibility index (Phi) is 8.68. The largest absolute Gasteiger partial charge is 0.469 e. The van der Waals surface area contributed by atoms with Crippen LogP contribution in [0.3, 0.4) is 0 Å². The first kappa shape index (κ1) is 31.5. The summed E-state index contributed by atoms with van der Waals surface area (Å²) in [6.07, 6.45) is 3.93. The van der Waals surface area contributed by atoms with E-state index in [0.29, 0.717) is 16.8 Å². The second-order valence-corrected chi connectivity index (χ2v) is 14.7. The van der Waals surface area contributed by atoms with Gasteiger partial charge in [0.25, 0.3) is 5.91 Å². The highest BCUT2D eigenvalue weighted by atomic mass is 35.5. The number of nitrogens with one attached hydrogen (secondary N) is 1. The number of carbonyl (C=O) groups is 1. The van der Waals surface area contributed by atoms with Gasteiger partial charge in [-0.1, -0.05) is 71.3 Å². The van der Waals surface area contributed by atoms with E-state index in [-0.39, 0.29) is 41.0 Å². The summed E-state index contributed by atoms with van der Waals surface area (Å²) in [5.74, 6) is -0.445. The number of nitrogens with zero attached hydrogens (tertiary/aromatic N) is 1. The molecule has 1 aliphatic carbocycles. The van der Waals surface area contributed by atoms with E-state index in [1.807, 2.05) is 34.9 Å². The van der Waals surface area contributed by atoms with Crippen LogP contribution in [0.2, 0.25) is 5.02 Å². The average molecular weight is 603 g/mol. The number of fused-ring (bicyclic) bond motifs is 1. The Bertz CT molecular complexity index is 1530. The van der Waals surface area contributed by atoms with Crippen molar-refractivity contribution in [2.75, 3.05) is 6.61 Å². The van der Waals surface area contributed by atoms with Crippen molar-refractivity contribution in [3.63, 3.8) is 0 Å². The molecule has 1 amide bonds. The Morgan fingerprint density at radius 1 is 1.05 bits per heavy atom. The SMILES string of the molecule is CC(C)(C)C(CCOP(=O)(O)O)(c1ccc2c(c1)c(=O)c(C(=O)NCc1ccc(Cl)cc1)cn2C1CC1)C(C)(C)C. The number of hydrogen-bond donors (Lipinski definition) is 3. The van der Waals surface area contributed by atoms with Gasteiger partial charge in [0.15, 0.2) is 0 Å². The number of phosphoric acid groups is 1. The van der Waals surface area contributed by atoms with Crippen LogP contribution in [-0.2, 0) is 21.0 Å². The molecular formula is C31H40ClN2O6P. The summed E-state index contributed by atoms with van der Waals surface area (Å²) in [7, 11) is -4.66. The lowest BCUT2D eigenvalue weighted by Gasteiger charge is -2.54. The Morgan fingerprint density at radius 3 is 2.20 bits per heavy atom. The zero-order chi connectivity index (χ0) is 30.4. The predicted molar refractivity (Wildman–Crippen MR) is 162 cm³/mol. The van der Waals surface area contributed by atoms with Crippen LogP contribution >= 0.6 is 19.4 Å². The van der Waals surface area contributed by atoms with Crippen LogP contribution in [0.15, 0.2) is 53.5 Å². The Labute approximate surface area is 246 Å². The summed E-state index contributed by atoms with van der Waals surface area (Å²) in [6.45, 7) is 12.6. The molecule has 1 aromatic heterocycles. The van der Waals surface area contributed by atoms with E-state index in [1.165, 1.54) is 0 Å². The highest BCUT2D eigenvalue weighted by molar-refractivity contribution is 7.46. The van der Waals surface area contributed by atoms with Crippen LogP contribution in [0.5, 0.6) is 0 Å². The van der Waals surface area contributed by atoms with E-state index in [0.717, 1.165) is 29.5 Å². The monoisotopic (exact) mass is 602 g/mol. The van der Waals surface area contributed by atoms with Crippen molar-refractivity contribution in [3.8, 4) is 0 Å². The van der Waals surface area contributed by atoms with Crippen LogP contribution in [0.1, 0.15) is 88.3 Å². The van der Waals surface area contributed by atoms with E-state index in [9.17, 15) is 23.9 Å². The lowest BCUT2D eigenvalue weighted by molar-refractivity contribution is 0.0252. The summed E-state index contributed by atoms with van der Waals surface area (Å²) in [5.41, 5.74) is 0.795. The first-order chi connectivity index (χ1) is 18.9. The number of rotatable bonds is 9. The van der Waals surface area contributed by atoms with Gasteiger partial charge in [0.1, 0.15) is 5.56 Å². The average Bonchev–Trinajstić information content (AvgIpc) is 3.69. The highest BCUT2D eigenvalue weighted by Gasteiger charge is 2.51. The number of phosphoric ester groups is 1. The highest BCUT2D eigenvalue weighted by Crippen LogP contribution is 2.56. The zero-order valence-electron chi connectivity index (χ0n) is 24.5. The van der Waals surface area contributed by atoms with Crippen LogP contribution in [0.4, 0.5) is 0 Å². The van der Waals surface area contributed by atoms with Crippen molar-refractivity contribution in [1.82, 2.24) is 9.88 Å². The molecule has 1 aliphatic rings. The third-order valence-electron chi connectivity index (χ3n) is 8.37. The van der Waals surface area contributed by atoms with Gasteiger partial charge in [0.2, 0.25) is 5.43 Å². The van der Waals surface area contributed by atoms with Gasteiger partial charge in [-0.3, -0.25) is 14.1 Å². The fourth-order valence-electron chi connectivity index (χ4n) is 6.52. The van der Waals surface area contributed by atoms with Crippen molar-refractivity contribution in [3.05, 3.63) is 80.6 Å². The number of carbonyl (C=O) groups excluding carboxylic acids is 1. The molecule has 0 atom stereocenters. The maximum absolute atomic E-state index is 13.9. The number of hydrogen-bond acceptors (Lipinski definition) is 4. The van der Waals surface area contributed by atoms with Crippen LogP contribution < -0.4 is 10.7 Å². The van der Waals surface area contributed by atoms with Crippen molar-refractivity contribution in [2.45, 2.75) is 78.8 Å². The molecule has 1 fully saturated rings. The van der Waals surface area contributed by atoms with E-state index < -0.39 is 19.1 Å². The zero-order valence-corrected chi connectivity index (χ0v) is 26.2. The van der Waals surface area contributed by atoms with Crippen molar-refractivity contribution >= 4 is 36.2 Å². The molecule has 222 valence electrons. The smallest absolute Gasteiger partial charge is 0.348 e. The molecule has 3 N–H and O–H groups in total. The van der Waals surface area contributed by atoms with Gasteiger partial charge < -0.3 is 19.7 Å². The van der Waals surface area contributed by atoms with Gasteiger partial charge in [-0.25, -0.2) is 4.57 Å². The Morgan fingerprint density at radius 2 is 1.66 bits per heavy atom. The maximum Gasteiger partial charge on any atom is 0.469 e. The van der Waals surface area contributed by atoms with Crippen LogP contribution in [-0.4, -0.2) is 26.9 Å². The molecule has 0 spiro atoms. The minimum Gasteiger partial charge on any atom is -0.348 e. The summed E-state index contributed by atoms with van der Waals surface area (Å²) < 4.78 is 18.5. The van der Waals surface area contributed by atoms with Gasteiger partial charge in [-0.15, -0.1) is 0 Å². The lowest BCUT2D eigenvalue weighted by atomic mass is 9.50. The van der Waals surface area contributed by atoms with Gasteiger partial charge in [0.05, 0.1) is 12.1 Å². The molecule has 10 heteroatoms. The molecule has 0 saturated heterocycles. The van der Waals surface area contributed by atoms with E-state index in [4.69, 9.17) is 16.1 Å². The molecule has 0 bridgehead atoms. The second-order valence-electron chi connectivity index (χ2n) is 13.0. The molecule has 0 unspecified atom stereocenters. The number of aromatic nitrogens is 1. The minimum absolute atomic E-state index is 0.0810. The Balaban J connectivity index is 1.83. The van der Waals surface area contributed by atoms with Crippen molar-refractivity contribution < 1.29 is 23.7 Å². The minimum atomic E-state index is -4.66. The van der Waals surface area contributed by atoms with Gasteiger partial charge >= 0.3 is 7.82 Å². The standard InChI is InChI=1S/C31H40ClN2O6P/c1-29(2,3)31(30(4,5)6,15-16-40-41(37,38)39)21-9-14-26-24(17-21)27(35)25(19-34(26)23-12-13-23)28(36)33-18-20-7-10-22(32)11-8-20/h7-11,14,17,19,23H,12-13,15-16,18H2,1-6H3,(H,33,36)(H2,37,38,39). The molecule has 2 aromatic carbocycles. The Hall–Kier alpha value is -2.48. The number of halogens is 1. The summed E-state index contributed by atoms with van der Waals surface area (Å²) >= 11 is 5.98. The van der Waals surface area contributed by atoms with Crippen molar-refractivity contribution in [1.29, 1.82) is 0 Å². The second kappa shape index (κ2) is 11.3. The van der Waals surface area contributed by atoms with E-state index >= 15 is 0 Å². The van der Waals surface area contributed by atoms with Gasteiger partial charge in [-0.2, -0.15) is 0 Å². The number of amides is 1. The van der Waals surface area contributed by atoms with E-state index in [1.54, 1.807) is 18.3 Å². The molecule has 1 saturated carbocycles. The van der Waals surface area contributed by atoms with Crippen LogP contribution in [0.25, 0.3) is 10.9 Å². The normalized spacial score (nSPS) is 14.9.